The number of aryl methyl sites for hydroxylation is 1. The average molecular weight is 511 g/mol. The molecule has 1 aromatic carbocycles. The zero-order chi connectivity index (χ0) is 19.9. The zero-order valence-electron chi connectivity index (χ0n) is 16.0. The monoisotopic (exact) mass is 511 g/mol. The van der Waals surface area contributed by atoms with Crippen LogP contribution >= 0.6 is 24.0 Å². The Kier molecular flexibility index (Phi) is 9.73. The predicted octanol–water partition coefficient (Wildman–Crippen LogP) is 3.43. The van der Waals surface area contributed by atoms with Gasteiger partial charge in [0.1, 0.15) is 6.26 Å². The molecule has 2 N–H and O–H groups in total. The Balaban J connectivity index is 0.00000392. The van der Waals surface area contributed by atoms with Crippen LogP contribution in [0, 0.1) is 6.92 Å². The zero-order valence-corrected chi connectivity index (χ0v) is 18.3. The van der Waals surface area contributed by atoms with Gasteiger partial charge in [0.2, 0.25) is 5.89 Å². The molecule has 10 heteroatoms. The highest BCUT2D eigenvalue weighted by Gasteiger charge is 2.28. The van der Waals surface area contributed by atoms with Crippen molar-refractivity contribution in [1.82, 2.24) is 20.5 Å². The van der Waals surface area contributed by atoms with Crippen LogP contribution in [-0.4, -0.2) is 55.7 Å². The summed E-state index contributed by atoms with van der Waals surface area (Å²) in [5.41, 5.74) is 2.74. The molecule has 2 rings (SSSR count). The first-order valence-electron chi connectivity index (χ1n) is 8.48. The highest BCUT2D eigenvalue weighted by molar-refractivity contribution is 14.0. The molecule has 0 bridgehead atoms. The van der Waals surface area contributed by atoms with Crippen molar-refractivity contribution in [3.8, 4) is 11.5 Å². The van der Waals surface area contributed by atoms with Crippen molar-refractivity contribution in [3.05, 3.63) is 41.8 Å². The highest BCUT2D eigenvalue weighted by atomic mass is 127. The number of hydrogen-bond acceptors (Lipinski definition) is 4. The minimum Gasteiger partial charge on any atom is -0.444 e. The normalized spacial score (nSPS) is 12.0. The number of rotatable bonds is 7. The first kappa shape index (κ1) is 24.2. The molecule has 0 saturated carbocycles. The summed E-state index contributed by atoms with van der Waals surface area (Å²) >= 11 is 0. The lowest BCUT2D eigenvalue weighted by molar-refractivity contribution is -0.142. The fourth-order valence-corrected chi connectivity index (χ4v) is 2.36. The average Bonchev–Trinajstić information content (AvgIpc) is 3.06. The Labute approximate surface area is 179 Å². The van der Waals surface area contributed by atoms with Crippen molar-refractivity contribution in [1.29, 1.82) is 0 Å². The quantitative estimate of drug-likeness (QED) is 0.339. The topological polar surface area (TPSA) is 65.7 Å². The van der Waals surface area contributed by atoms with Crippen molar-refractivity contribution < 1.29 is 17.6 Å². The SMILES string of the molecule is CN=C(NCCN(C)CC(F)(F)F)NCc1coc(-c2ccc(C)cc2)n1.I. The molecule has 6 nitrogen and oxygen atoms in total. The molecule has 0 radical (unpaired) electrons. The second-order valence-corrected chi connectivity index (χ2v) is 6.22. The summed E-state index contributed by atoms with van der Waals surface area (Å²) in [6.07, 6.45) is -2.64. The maximum absolute atomic E-state index is 12.3. The van der Waals surface area contributed by atoms with Gasteiger partial charge >= 0.3 is 6.18 Å². The summed E-state index contributed by atoms with van der Waals surface area (Å²) in [4.78, 5) is 9.66. The molecule has 28 heavy (non-hydrogen) atoms. The molecule has 156 valence electrons. The van der Waals surface area contributed by atoms with Crippen LogP contribution in [0.3, 0.4) is 0 Å². The van der Waals surface area contributed by atoms with E-state index in [0.29, 0.717) is 30.6 Å². The van der Waals surface area contributed by atoms with Crippen LogP contribution in [0.25, 0.3) is 11.5 Å². The molecule has 0 unspecified atom stereocenters. The van der Waals surface area contributed by atoms with Crippen LogP contribution in [0.1, 0.15) is 11.3 Å². The first-order valence-corrected chi connectivity index (χ1v) is 8.48. The molecule has 1 heterocycles. The molecule has 0 saturated heterocycles. The number of aliphatic imine (C=N–C) groups is 1. The Hall–Kier alpha value is -1.82. The third-order valence-electron chi connectivity index (χ3n) is 3.75. The van der Waals surface area contributed by atoms with Crippen LogP contribution in [0.2, 0.25) is 0 Å². The van der Waals surface area contributed by atoms with Gasteiger partial charge in [0, 0.05) is 25.7 Å². The Morgan fingerprint density at radius 1 is 1.21 bits per heavy atom. The third kappa shape index (κ3) is 8.46. The molecule has 0 amide bonds. The fraction of sp³-hybridized carbons (Fsp3) is 0.444. The summed E-state index contributed by atoms with van der Waals surface area (Å²) in [6.45, 7) is 2.02. The number of nitrogens with one attached hydrogen (secondary N) is 2. The summed E-state index contributed by atoms with van der Waals surface area (Å²) in [5.74, 6) is 1.01. The lowest BCUT2D eigenvalue weighted by Gasteiger charge is -2.19. The van der Waals surface area contributed by atoms with Gasteiger partial charge in [-0.2, -0.15) is 13.2 Å². The van der Waals surface area contributed by atoms with Gasteiger partial charge in [-0.25, -0.2) is 4.98 Å². The standard InChI is InChI=1S/C18H24F3N5O.HI/c1-13-4-6-14(7-5-13)16-25-15(11-27-16)10-24-17(22-2)23-8-9-26(3)12-18(19,20)21;/h4-7,11H,8-10,12H2,1-3H3,(H2,22,23,24);1H. The van der Waals surface area contributed by atoms with E-state index in [2.05, 4.69) is 20.6 Å². The molecular weight excluding hydrogens is 486 g/mol. The number of hydrogen-bond donors (Lipinski definition) is 2. The molecule has 0 atom stereocenters. The number of aromatic nitrogens is 1. The largest absolute Gasteiger partial charge is 0.444 e. The van der Waals surface area contributed by atoms with Gasteiger partial charge in [-0.05, 0) is 26.1 Å². The lowest BCUT2D eigenvalue weighted by atomic mass is 10.1. The van der Waals surface area contributed by atoms with E-state index in [4.69, 9.17) is 4.42 Å². The third-order valence-corrected chi connectivity index (χ3v) is 3.75. The molecule has 0 fully saturated rings. The van der Waals surface area contributed by atoms with Crippen LogP contribution in [0.5, 0.6) is 0 Å². The molecule has 0 spiro atoms. The van der Waals surface area contributed by atoms with Gasteiger partial charge < -0.3 is 15.1 Å². The number of benzene rings is 1. The van der Waals surface area contributed by atoms with E-state index in [1.165, 1.54) is 11.9 Å². The summed E-state index contributed by atoms with van der Waals surface area (Å²) < 4.78 is 42.4. The van der Waals surface area contributed by atoms with E-state index >= 15 is 0 Å². The van der Waals surface area contributed by atoms with Gasteiger partial charge in [-0.1, -0.05) is 17.7 Å². The Bertz CT molecular complexity index is 746. The molecule has 1 aromatic heterocycles. The van der Waals surface area contributed by atoms with Crippen LogP contribution in [-0.2, 0) is 6.54 Å². The van der Waals surface area contributed by atoms with E-state index in [1.54, 1.807) is 13.3 Å². The van der Waals surface area contributed by atoms with E-state index in [-0.39, 0.29) is 30.5 Å². The minimum atomic E-state index is -4.20. The van der Waals surface area contributed by atoms with E-state index in [1.807, 2.05) is 31.2 Å². The van der Waals surface area contributed by atoms with Crippen molar-refractivity contribution in [2.45, 2.75) is 19.6 Å². The van der Waals surface area contributed by atoms with Crippen LogP contribution < -0.4 is 10.6 Å². The number of oxazole rings is 1. The second kappa shape index (κ2) is 11.2. The minimum absolute atomic E-state index is 0. The molecular formula is C18H25F3IN5O. The van der Waals surface area contributed by atoms with Crippen molar-refractivity contribution in [2.24, 2.45) is 4.99 Å². The van der Waals surface area contributed by atoms with Gasteiger partial charge in [-0.3, -0.25) is 9.89 Å². The van der Waals surface area contributed by atoms with Crippen molar-refractivity contribution in [2.75, 3.05) is 33.7 Å². The Morgan fingerprint density at radius 2 is 1.89 bits per heavy atom. The second-order valence-electron chi connectivity index (χ2n) is 6.22. The highest BCUT2D eigenvalue weighted by Crippen LogP contribution is 2.19. The molecule has 0 aliphatic heterocycles. The van der Waals surface area contributed by atoms with Crippen molar-refractivity contribution in [3.63, 3.8) is 0 Å². The molecule has 2 aromatic rings. The predicted molar refractivity (Wildman–Crippen MR) is 114 cm³/mol. The van der Waals surface area contributed by atoms with Gasteiger partial charge in [0.15, 0.2) is 5.96 Å². The maximum atomic E-state index is 12.3. The first-order chi connectivity index (χ1) is 12.8. The molecule has 0 aliphatic carbocycles. The van der Waals surface area contributed by atoms with Crippen molar-refractivity contribution >= 4 is 29.9 Å². The van der Waals surface area contributed by atoms with Crippen LogP contribution in [0.15, 0.2) is 39.9 Å². The summed E-state index contributed by atoms with van der Waals surface area (Å²) in [7, 11) is 3.02. The maximum Gasteiger partial charge on any atom is 0.401 e. The number of likely N-dealkylation sites (N-methyl/N-ethyl adjacent to an activating group) is 1. The van der Waals surface area contributed by atoms with Crippen LogP contribution in [0.4, 0.5) is 13.2 Å². The number of halogens is 4. The van der Waals surface area contributed by atoms with E-state index in [0.717, 1.165) is 11.1 Å². The fourth-order valence-electron chi connectivity index (χ4n) is 2.36. The van der Waals surface area contributed by atoms with Gasteiger partial charge in [-0.15, -0.1) is 24.0 Å². The number of alkyl halides is 3. The smallest absolute Gasteiger partial charge is 0.401 e. The summed E-state index contributed by atoms with van der Waals surface area (Å²) in [6, 6.07) is 7.85. The lowest BCUT2D eigenvalue weighted by Crippen LogP contribution is -2.42. The number of guanidine groups is 1. The van der Waals surface area contributed by atoms with Gasteiger partial charge in [0.25, 0.3) is 0 Å². The van der Waals surface area contributed by atoms with E-state index in [9.17, 15) is 13.2 Å². The Morgan fingerprint density at radius 3 is 2.50 bits per heavy atom. The van der Waals surface area contributed by atoms with Gasteiger partial charge in [0.05, 0.1) is 18.8 Å². The number of nitrogens with zero attached hydrogens (tertiary/aromatic N) is 3. The van der Waals surface area contributed by atoms with E-state index < -0.39 is 12.7 Å². The summed E-state index contributed by atoms with van der Waals surface area (Å²) in [5, 5.41) is 6.03. The molecule has 0 aliphatic rings.